The number of phenols is 1. The van der Waals surface area contributed by atoms with Gasteiger partial charge in [0.1, 0.15) is 5.75 Å². The Bertz CT molecular complexity index is 543. The summed E-state index contributed by atoms with van der Waals surface area (Å²) in [5.41, 5.74) is 0.454. The standard InChI is InChI=1S/C12H13ClN2O2S/c1-7(2)18-6-11-14-12(17-15-11)9-5-8(13)3-4-10(9)16/h3-5,7,16H,6H2,1-2H3. The number of halogens is 1. The molecule has 1 heterocycles. The molecule has 0 aliphatic rings. The van der Waals surface area contributed by atoms with Gasteiger partial charge in [-0.1, -0.05) is 30.6 Å². The zero-order valence-corrected chi connectivity index (χ0v) is 11.6. The molecule has 0 amide bonds. The van der Waals surface area contributed by atoms with E-state index in [2.05, 4.69) is 24.0 Å². The first kappa shape index (κ1) is 13.2. The highest BCUT2D eigenvalue weighted by molar-refractivity contribution is 7.99. The molecule has 0 radical (unpaired) electrons. The number of aromatic nitrogens is 2. The zero-order chi connectivity index (χ0) is 13.1. The molecule has 0 aliphatic heterocycles. The van der Waals surface area contributed by atoms with Crippen LogP contribution in [0.5, 0.6) is 5.75 Å². The van der Waals surface area contributed by atoms with Gasteiger partial charge < -0.3 is 9.63 Å². The van der Waals surface area contributed by atoms with Crippen molar-refractivity contribution in [3.8, 4) is 17.2 Å². The molecule has 6 heteroatoms. The fourth-order valence-electron chi connectivity index (χ4n) is 1.34. The fourth-order valence-corrected chi connectivity index (χ4v) is 2.11. The van der Waals surface area contributed by atoms with Gasteiger partial charge in [-0.2, -0.15) is 16.7 Å². The van der Waals surface area contributed by atoms with Gasteiger partial charge in [-0.25, -0.2) is 0 Å². The second-order valence-corrected chi connectivity index (χ2v) is 6.04. The van der Waals surface area contributed by atoms with Crippen molar-refractivity contribution in [2.24, 2.45) is 0 Å². The van der Waals surface area contributed by atoms with Crippen LogP contribution in [0.2, 0.25) is 5.02 Å². The van der Waals surface area contributed by atoms with Gasteiger partial charge in [0.05, 0.1) is 11.3 Å². The smallest absolute Gasteiger partial charge is 0.261 e. The number of nitrogens with zero attached hydrogens (tertiary/aromatic N) is 2. The minimum Gasteiger partial charge on any atom is -0.507 e. The minimum atomic E-state index is 0.0751. The highest BCUT2D eigenvalue weighted by atomic mass is 35.5. The van der Waals surface area contributed by atoms with Crippen LogP contribution in [0.15, 0.2) is 22.7 Å². The first-order valence-electron chi connectivity index (χ1n) is 5.49. The van der Waals surface area contributed by atoms with Crippen molar-refractivity contribution in [2.75, 3.05) is 0 Å². The Hall–Kier alpha value is -1.20. The number of thioether (sulfide) groups is 1. The molecule has 18 heavy (non-hydrogen) atoms. The van der Waals surface area contributed by atoms with E-state index in [1.807, 2.05) is 0 Å². The largest absolute Gasteiger partial charge is 0.507 e. The van der Waals surface area contributed by atoms with Crippen LogP contribution in [0.3, 0.4) is 0 Å². The Labute approximate surface area is 114 Å². The lowest BCUT2D eigenvalue weighted by atomic mass is 10.2. The topological polar surface area (TPSA) is 59.2 Å². The number of benzene rings is 1. The highest BCUT2D eigenvalue weighted by Crippen LogP contribution is 2.30. The summed E-state index contributed by atoms with van der Waals surface area (Å²) < 4.78 is 5.13. The lowest BCUT2D eigenvalue weighted by Crippen LogP contribution is -1.90. The summed E-state index contributed by atoms with van der Waals surface area (Å²) in [4.78, 5) is 4.24. The minimum absolute atomic E-state index is 0.0751. The average molecular weight is 285 g/mol. The number of rotatable bonds is 4. The molecule has 0 saturated carbocycles. The molecule has 0 saturated heterocycles. The third kappa shape index (κ3) is 3.17. The summed E-state index contributed by atoms with van der Waals surface area (Å²) in [6.45, 7) is 4.21. The fraction of sp³-hybridized carbons (Fsp3) is 0.333. The maximum atomic E-state index is 9.72. The van der Waals surface area contributed by atoms with E-state index in [9.17, 15) is 5.11 Å². The van der Waals surface area contributed by atoms with Gasteiger partial charge in [-0.3, -0.25) is 0 Å². The van der Waals surface area contributed by atoms with Crippen LogP contribution >= 0.6 is 23.4 Å². The number of aromatic hydroxyl groups is 1. The summed E-state index contributed by atoms with van der Waals surface area (Å²) in [6, 6.07) is 4.71. The molecule has 0 spiro atoms. The van der Waals surface area contributed by atoms with Gasteiger partial charge in [0.15, 0.2) is 5.82 Å². The third-order valence-electron chi connectivity index (χ3n) is 2.20. The van der Waals surface area contributed by atoms with Crippen molar-refractivity contribution in [2.45, 2.75) is 24.9 Å². The quantitative estimate of drug-likeness (QED) is 0.927. The van der Waals surface area contributed by atoms with Crippen LogP contribution in [0, 0.1) is 0 Å². The number of phenolic OH excluding ortho intramolecular Hbond substituents is 1. The van der Waals surface area contributed by atoms with Crippen LogP contribution in [0.1, 0.15) is 19.7 Å². The Morgan fingerprint density at radius 1 is 1.44 bits per heavy atom. The van der Waals surface area contributed by atoms with Crippen LogP contribution in [0.25, 0.3) is 11.5 Å². The van der Waals surface area contributed by atoms with E-state index in [-0.39, 0.29) is 11.6 Å². The Balaban J connectivity index is 2.21. The van der Waals surface area contributed by atoms with E-state index in [1.165, 1.54) is 6.07 Å². The summed E-state index contributed by atoms with van der Waals surface area (Å²) in [7, 11) is 0. The average Bonchev–Trinajstić information content (AvgIpc) is 2.78. The molecule has 4 nitrogen and oxygen atoms in total. The molecule has 1 aromatic heterocycles. The zero-order valence-electron chi connectivity index (χ0n) is 10.1. The van der Waals surface area contributed by atoms with Crippen LogP contribution in [0.4, 0.5) is 0 Å². The van der Waals surface area contributed by atoms with Gasteiger partial charge in [-0.05, 0) is 23.4 Å². The molecule has 0 unspecified atom stereocenters. The number of hydrogen-bond donors (Lipinski definition) is 1. The molecular weight excluding hydrogens is 272 g/mol. The van der Waals surface area contributed by atoms with E-state index in [0.717, 1.165) is 0 Å². The third-order valence-corrected chi connectivity index (χ3v) is 3.53. The molecule has 2 aromatic rings. The highest BCUT2D eigenvalue weighted by Gasteiger charge is 2.13. The van der Waals surface area contributed by atoms with Gasteiger partial charge >= 0.3 is 0 Å². The maximum absolute atomic E-state index is 9.72. The van der Waals surface area contributed by atoms with Crippen molar-refractivity contribution in [3.05, 3.63) is 29.0 Å². The molecule has 0 aliphatic carbocycles. The van der Waals surface area contributed by atoms with E-state index in [0.29, 0.717) is 27.4 Å². The van der Waals surface area contributed by atoms with E-state index >= 15 is 0 Å². The Morgan fingerprint density at radius 3 is 2.94 bits per heavy atom. The van der Waals surface area contributed by atoms with Crippen LogP contribution < -0.4 is 0 Å². The molecule has 0 bridgehead atoms. The normalized spacial score (nSPS) is 11.1. The molecule has 2 rings (SSSR count). The molecular formula is C12H13ClN2O2S. The van der Waals surface area contributed by atoms with Crippen LogP contribution in [-0.4, -0.2) is 20.5 Å². The van der Waals surface area contributed by atoms with Crippen LogP contribution in [-0.2, 0) is 5.75 Å². The van der Waals surface area contributed by atoms with Gasteiger partial charge in [0.2, 0.25) is 0 Å². The van der Waals surface area contributed by atoms with E-state index in [1.54, 1.807) is 23.9 Å². The maximum Gasteiger partial charge on any atom is 0.261 e. The molecule has 0 fully saturated rings. The van der Waals surface area contributed by atoms with Crippen molar-refractivity contribution in [1.29, 1.82) is 0 Å². The summed E-state index contributed by atoms with van der Waals surface area (Å²) in [6.07, 6.45) is 0. The predicted octanol–water partition coefficient (Wildman–Crippen LogP) is 3.74. The van der Waals surface area contributed by atoms with Crippen molar-refractivity contribution in [1.82, 2.24) is 10.1 Å². The number of hydrogen-bond acceptors (Lipinski definition) is 5. The molecule has 0 atom stereocenters. The Kier molecular flexibility index (Phi) is 4.14. The molecule has 1 aromatic carbocycles. The SMILES string of the molecule is CC(C)SCc1noc(-c2cc(Cl)ccc2O)n1. The monoisotopic (exact) mass is 284 g/mol. The van der Waals surface area contributed by atoms with Gasteiger partial charge in [0, 0.05) is 5.02 Å². The lowest BCUT2D eigenvalue weighted by molar-refractivity contribution is 0.419. The lowest BCUT2D eigenvalue weighted by Gasteiger charge is -2.00. The van der Waals surface area contributed by atoms with Crippen molar-refractivity contribution in [3.63, 3.8) is 0 Å². The second kappa shape index (κ2) is 5.63. The van der Waals surface area contributed by atoms with Gasteiger partial charge in [-0.15, -0.1) is 0 Å². The van der Waals surface area contributed by atoms with Gasteiger partial charge in [0.25, 0.3) is 5.89 Å². The molecule has 96 valence electrons. The van der Waals surface area contributed by atoms with E-state index < -0.39 is 0 Å². The predicted molar refractivity (Wildman–Crippen MR) is 72.8 cm³/mol. The summed E-state index contributed by atoms with van der Waals surface area (Å²) in [5, 5.41) is 14.6. The van der Waals surface area contributed by atoms with Crippen molar-refractivity contribution >= 4 is 23.4 Å². The van der Waals surface area contributed by atoms with Crippen molar-refractivity contribution < 1.29 is 9.63 Å². The first-order chi connectivity index (χ1) is 8.56. The van der Waals surface area contributed by atoms with E-state index in [4.69, 9.17) is 16.1 Å². The summed E-state index contributed by atoms with van der Waals surface area (Å²) in [5.74, 6) is 1.66. The summed E-state index contributed by atoms with van der Waals surface area (Å²) >= 11 is 7.60. The second-order valence-electron chi connectivity index (χ2n) is 4.04. The first-order valence-corrected chi connectivity index (χ1v) is 6.92. The molecule has 1 N–H and O–H groups in total. The Morgan fingerprint density at radius 2 is 2.22 bits per heavy atom.